The zero-order valence-electron chi connectivity index (χ0n) is 8.85. The van der Waals surface area contributed by atoms with Crippen molar-refractivity contribution in [3.8, 4) is 0 Å². The first kappa shape index (κ1) is 13.5. The van der Waals surface area contributed by atoms with Crippen LogP contribution >= 0.6 is 34.5 Å². The predicted octanol–water partition coefficient (Wildman–Crippen LogP) is 3.44. The summed E-state index contributed by atoms with van der Waals surface area (Å²) in [5.41, 5.74) is 6.29. The molecule has 0 unspecified atom stereocenters. The Kier molecular flexibility index (Phi) is 3.72. The molecule has 3 N–H and O–H groups in total. The highest BCUT2D eigenvalue weighted by Crippen LogP contribution is 2.33. The minimum absolute atomic E-state index is 0.0114. The molecular formula is C10H8Cl2N2O2S2. The van der Waals surface area contributed by atoms with E-state index in [0.29, 0.717) is 11.4 Å². The van der Waals surface area contributed by atoms with Crippen LogP contribution in [0.1, 0.15) is 0 Å². The molecule has 0 saturated carbocycles. The van der Waals surface area contributed by atoms with Crippen molar-refractivity contribution < 1.29 is 8.42 Å². The number of hydrogen-bond acceptors (Lipinski definition) is 4. The molecule has 2 aromatic rings. The van der Waals surface area contributed by atoms with Crippen molar-refractivity contribution in [1.29, 1.82) is 0 Å². The maximum Gasteiger partial charge on any atom is 0.264 e. The summed E-state index contributed by atoms with van der Waals surface area (Å²) in [6, 6.07) is 4.33. The highest BCUT2D eigenvalue weighted by atomic mass is 35.5. The lowest BCUT2D eigenvalue weighted by Gasteiger charge is -2.10. The van der Waals surface area contributed by atoms with E-state index in [-0.39, 0.29) is 14.9 Å². The molecule has 8 heteroatoms. The van der Waals surface area contributed by atoms with Crippen molar-refractivity contribution >= 4 is 55.9 Å². The van der Waals surface area contributed by atoms with Gasteiger partial charge in [0.05, 0.1) is 15.7 Å². The van der Waals surface area contributed by atoms with E-state index in [0.717, 1.165) is 0 Å². The first-order valence-electron chi connectivity index (χ1n) is 4.70. The van der Waals surface area contributed by atoms with E-state index >= 15 is 0 Å². The molecule has 0 radical (unpaired) electrons. The fourth-order valence-corrected chi connectivity index (χ4v) is 4.31. The van der Waals surface area contributed by atoms with Crippen molar-refractivity contribution in [3.63, 3.8) is 0 Å². The lowest BCUT2D eigenvalue weighted by molar-refractivity contribution is 0.601. The average Bonchev–Trinajstić information content (AvgIpc) is 2.66. The van der Waals surface area contributed by atoms with Gasteiger partial charge >= 0.3 is 0 Å². The molecule has 4 nitrogen and oxygen atoms in total. The lowest BCUT2D eigenvalue weighted by Crippen LogP contribution is -2.13. The Labute approximate surface area is 118 Å². The second-order valence-corrected chi connectivity index (χ2v) is 6.64. The fraction of sp³-hybridized carbons (Fsp3) is 0. The molecule has 0 bridgehead atoms. The Morgan fingerprint density at radius 3 is 2.33 bits per heavy atom. The monoisotopic (exact) mass is 322 g/mol. The molecule has 0 saturated heterocycles. The van der Waals surface area contributed by atoms with Crippen LogP contribution in [0.5, 0.6) is 0 Å². The number of nitrogens with two attached hydrogens (primary N) is 1. The number of thiophene rings is 1. The van der Waals surface area contributed by atoms with Gasteiger partial charge in [0.2, 0.25) is 0 Å². The summed E-state index contributed by atoms with van der Waals surface area (Å²) < 4.78 is 26.7. The Hall–Kier alpha value is -0.950. The number of nitrogens with one attached hydrogen (secondary N) is 1. The number of sulfonamides is 1. The summed E-state index contributed by atoms with van der Waals surface area (Å²) in [6.45, 7) is 0. The zero-order chi connectivity index (χ0) is 13.3. The van der Waals surface area contributed by atoms with Gasteiger partial charge in [0.1, 0.15) is 4.90 Å². The van der Waals surface area contributed by atoms with E-state index in [1.165, 1.54) is 23.5 Å². The SMILES string of the molecule is Nc1cc(Cl)c(S(=O)(=O)Nc2ccsc2)c(Cl)c1. The van der Waals surface area contributed by atoms with Gasteiger partial charge in [-0.1, -0.05) is 23.2 Å². The minimum atomic E-state index is -3.82. The molecule has 0 fully saturated rings. The summed E-state index contributed by atoms with van der Waals surface area (Å²) in [7, 11) is -3.82. The van der Waals surface area contributed by atoms with Crippen molar-refractivity contribution in [2.45, 2.75) is 4.90 Å². The van der Waals surface area contributed by atoms with Gasteiger partial charge in [0.15, 0.2) is 0 Å². The van der Waals surface area contributed by atoms with Gasteiger partial charge in [0, 0.05) is 11.1 Å². The lowest BCUT2D eigenvalue weighted by atomic mass is 10.3. The van der Waals surface area contributed by atoms with E-state index in [4.69, 9.17) is 28.9 Å². The maximum absolute atomic E-state index is 12.1. The Balaban J connectivity index is 2.48. The number of nitrogen functional groups attached to an aromatic ring is 1. The molecule has 96 valence electrons. The highest BCUT2D eigenvalue weighted by Gasteiger charge is 2.22. The summed E-state index contributed by atoms with van der Waals surface area (Å²) in [5.74, 6) is 0. The molecule has 1 aromatic heterocycles. The summed E-state index contributed by atoms with van der Waals surface area (Å²) in [5, 5.41) is 3.39. The second kappa shape index (κ2) is 4.97. The molecule has 1 aromatic carbocycles. The standard InChI is InChI=1S/C10H8Cl2N2O2S2/c11-8-3-6(13)4-9(12)10(8)18(15,16)14-7-1-2-17-5-7/h1-5,14H,13H2. The molecular weight excluding hydrogens is 315 g/mol. The zero-order valence-corrected chi connectivity index (χ0v) is 12.0. The van der Waals surface area contributed by atoms with Gasteiger partial charge in [-0.25, -0.2) is 8.42 Å². The van der Waals surface area contributed by atoms with Crippen LogP contribution < -0.4 is 10.5 Å². The molecule has 0 spiro atoms. The van der Waals surface area contributed by atoms with Crippen LogP contribution in [0.15, 0.2) is 33.9 Å². The molecule has 0 aliphatic carbocycles. The van der Waals surface area contributed by atoms with Crippen molar-refractivity contribution in [2.24, 2.45) is 0 Å². The first-order chi connectivity index (χ1) is 8.40. The largest absolute Gasteiger partial charge is 0.399 e. The normalized spacial score (nSPS) is 11.4. The summed E-state index contributed by atoms with van der Waals surface area (Å²) in [4.78, 5) is -0.175. The first-order valence-corrected chi connectivity index (χ1v) is 7.88. The third-order valence-corrected chi connectivity index (χ3v) is 5.05. The van der Waals surface area contributed by atoms with Gasteiger partial charge in [-0.3, -0.25) is 4.72 Å². The average molecular weight is 323 g/mol. The van der Waals surface area contributed by atoms with E-state index in [1.807, 2.05) is 0 Å². The predicted molar refractivity (Wildman–Crippen MR) is 76.0 cm³/mol. The van der Waals surface area contributed by atoms with Gasteiger partial charge in [-0.05, 0) is 23.6 Å². The van der Waals surface area contributed by atoms with Gasteiger partial charge in [0.25, 0.3) is 10.0 Å². The number of anilines is 2. The molecule has 0 aliphatic rings. The molecule has 0 aliphatic heterocycles. The van der Waals surface area contributed by atoms with Crippen molar-refractivity contribution in [2.75, 3.05) is 10.5 Å². The van der Waals surface area contributed by atoms with E-state index in [1.54, 1.807) is 16.8 Å². The molecule has 2 rings (SSSR count). The van der Waals surface area contributed by atoms with Crippen molar-refractivity contribution in [1.82, 2.24) is 0 Å². The number of hydrogen-bond donors (Lipinski definition) is 2. The third kappa shape index (κ3) is 2.72. The van der Waals surface area contributed by atoms with E-state index < -0.39 is 10.0 Å². The topological polar surface area (TPSA) is 72.2 Å². The summed E-state index contributed by atoms with van der Waals surface area (Å²) >= 11 is 13.1. The van der Waals surface area contributed by atoms with Crippen LogP contribution in [0.2, 0.25) is 10.0 Å². The molecule has 0 amide bonds. The molecule has 1 heterocycles. The number of halogens is 2. The second-order valence-electron chi connectivity index (χ2n) is 3.43. The Morgan fingerprint density at radius 2 is 1.83 bits per heavy atom. The van der Waals surface area contributed by atoms with Gasteiger partial charge < -0.3 is 5.73 Å². The molecule has 18 heavy (non-hydrogen) atoms. The van der Waals surface area contributed by atoms with Crippen molar-refractivity contribution in [3.05, 3.63) is 39.0 Å². The van der Waals surface area contributed by atoms with E-state index in [2.05, 4.69) is 4.72 Å². The van der Waals surface area contributed by atoms with Crippen LogP contribution in [0, 0.1) is 0 Å². The highest BCUT2D eigenvalue weighted by molar-refractivity contribution is 7.93. The number of rotatable bonds is 3. The third-order valence-electron chi connectivity index (χ3n) is 2.06. The minimum Gasteiger partial charge on any atom is -0.399 e. The van der Waals surface area contributed by atoms with Gasteiger partial charge in [-0.2, -0.15) is 11.3 Å². The van der Waals surface area contributed by atoms with E-state index in [9.17, 15) is 8.42 Å². The quantitative estimate of drug-likeness (QED) is 0.850. The van der Waals surface area contributed by atoms with Crippen LogP contribution in [0.4, 0.5) is 11.4 Å². The summed E-state index contributed by atoms with van der Waals surface area (Å²) in [6.07, 6.45) is 0. The smallest absolute Gasteiger partial charge is 0.264 e. The Morgan fingerprint density at radius 1 is 1.22 bits per heavy atom. The maximum atomic E-state index is 12.1. The Bertz CT molecular complexity index is 646. The van der Waals surface area contributed by atoms with Crippen LogP contribution in [0.25, 0.3) is 0 Å². The van der Waals surface area contributed by atoms with Crippen LogP contribution in [-0.2, 0) is 10.0 Å². The van der Waals surface area contributed by atoms with Crippen LogP contribution in [0.3, 0.4) is 0 Å². The molecule has 0 atom stereocenters. The fourth-order valence-electron chi connectivity index (χ4n) is 1.36. The van der Waals surface area contributed by atoms with Crippen LogP contribution in [-0.4, -0.2) is 8.42 Å². The number of benzene rings is 1. The van der Waals surface area contributed by atoms with Gasteiger partial charge in [-0.15, -0.1) is 0 Å².